The van der Waals surface area contributed by atoms with Gasteiger partial charge in [0.1, 0.15) is 6.29 Å². The van der Waals surface area contributed by atoms with Crippen molar-refractivity contribution < 1.29 is 18.0 Å². The molecule has 0 fully saturated rings. The summed E-state index contributed by atoms with van der Waals surface area (Å²) in [6.45, 7) is 3.85. The van der Waals surface area contributed by atoms with Gasteiger partial charge < -0.3 is 9.69 Å². The molecule has 0 heterocycles. The van der Waals surface area contributed by atoms with Crippen LogP contribution < -0.4 is 4.72 Å². The van der Waals surface area contributed by atoms with E-state index in [-0.39, 0.29) is 10.8 Å². The Balaban J connectivity index is 1.70. The van der Waals surface area contributed by atoms with Crippen LogP contribution in [0.3, 0.4) is 0 Å². The number of hydrogen-bond donors (Lipinski definition) is 1. The molecule has 3 aromatic carbocycles. The van der Waals surface area contributed by atoms with E-state index in [1.165, 1.54) is 17.0 Å². The zero-order valence-corrected chi connectivity index (χ0v) is 19.1. The van der Waals surface area contributed by atoms with E-state index >= 15 is 0 Å². The van der Waals surface area contributed by atoms with E-state index in [1.54, 1.807) is 61.6 Å². The van der Waals surface area contributed by atoms with E-state index in [2.05, 4.69) is 4.72 Å². The summed E-state index contributed by atoms with van der Waals surface area (Å²) in [4.78, 5) is 26.2. The van der Waals surface area contributed by atoms with E-state index in [4.69, 9.17) is 0 Å². The lowest BCUT2D eigenvalue weighted by atomic mass is 10.0. The van der Waals surface area contributed by atoms with Crippen molar-refractivity contribution >= 4 is 27.9 Å². The Bertz CT molecular complexity index is 1190. The summed E-state index contributed by atoms with van der Waals surface area (Å²) in [5, 5.41) is 0. The van der Waals surface area contributed by atoms with E-state index in [0.717, 1.165) is 23.0 Å². The fourth-order valence-corrected chi connectivity index (χ4v) is 4.57. The molecular weight excluding hydrogens is 424 g/mol. The van der Waals surface area contributed by atoms with Gasteiger partial charge in [-0.2, -0.15) is 0 Å². The fraction of sp³-hybridized carbons (Fsp3) is 0.200. The number of benzene rings is 3. The molecule has 0 aliphatic heterocycles. The first kappa shape index (κ1) is 23.2. The Morgan fingerprint density at radius 3 is 2.12 bits per heavy atom. The molecule has 0 unspecified atom stereocenters. The molecule has 1 N–H and O–H groups in total. The van der Waals surface area contributed by atoms with Gasteiger partial charge in [-0.05, 0) is 62.2 Å². The highest BCUT2D eigenvalue weighted by atomic mass is 32.2. The lowest BCUT2D eigenvalue weighted by Crippen LogP contribution is -2.39. The summed E-state index contributed by atoms with van der Waals surface area (Å²) >= 11 is 0. The van der Waals surface area contributed by atoms with Crippen LogP contribution in [0.25, 0.3) is 0 Å². The zero-order valence-electron chi connectivity index (χ0n) is 18.3. The van der Waals surface area contributed by atoms with Crippen molar-refractivity contribution in [3.8, 4) is 0 Å². The molecule has 0 radical (unpaired) electrons. The Morgan fingerprint density at radius 1 is 0.969 bits per heavy atom. The van der Waals surface area contributed by atoms with Crippen molar-refractivity contribution in [1.82, 2.24) is 4.90 Å². The number of anilines is 1. The Kier molecular flexibility index (Phi) is 7.10. The smallest absolute Gasteiger partial charge is 0.261 e. The van der Waals surface area contributed by atoms with Gasteiger partial charge in [-0.25, -0.2) is 8.42 Å². The van der Waals surface area contributed by atoms with Gasteiger partial charge in [0.15, 0.2) is 0 Å². The van der Waals surface area contributed by atoms with Gasteiger partial charge in [-0.15, -0.1) is 0 Å². The van der Waals surface area contributed by atoms with E-state index in [1.807, 2.05) is 19.9 Å². The molecule has 0 aromatic heterocycles. The number of carbonyl (C=O) groups is 2. The molecule has 1 atom stereocenters. The lowest BCUT2D eigenvalue weighted by Gasteiger charge is -2.24. The topological polar surface area (TPSA) is 83.6 Å². The van der Waals surface area contributed by atoms with Gasteiger partial charge in [-0.3, -0.25) is 9.52 Å². The summed E-state index contributed by atoms with van der Waals surface area (Å²) < 4.78 is 27.5. The molecule has 3 aromatic rings. The molecule has 0 saturated heterocycles. The van der Waals surface area contributed by atoms with E-state index < -0.39 is 16.1 Å². The minimum absolute atomic E-state index is 0.177. The van der Waals surface area contributed by atoms with Crippen LogP contribution in [0.2, 0.25) is 0 Å². The Labute approximate surface area is 188 Å². The molecule has 3 rings (SSSR count). The number of sulfonamides is 1. The van der Waals surface area contributed by atoms with Crippen molar-refractivity contribution in [3.63, 3.8) is 0 Å². The maximum Gasteiger partial charge on any atom is 0.261 e. The third kappa shape index (κ3) is 5.62. The third-order valence-corrected chi connectivity index (χ3v) is 6.55. The summed E-state index contributed by atoms with van der Waals surface area (Å²) in [5.74, 6) is -0.221. The second kappa shape index (κ2) is 9.78. The minimum Gasteiger partial charge on any atom is -0.332 e. The first-order chi connectivity index (χ1) is 15.2. The lowest BCUT2D eigenvalue weighted by molar-refractivity contribution is -0.111. The number of amides is 1. The predicted molar refractivity (Wildman–Crippen MR) is 125 cm³/mol. The monoisotopic (exact) mass is 450 g/mol. The first-order valence-electron chi connectivity index (χ1n) is 10.2. The van der Waals surface area contributed by atoms with Crippen LogP contribution in [0, 0.1) is 13.8 Å². The van der Waals surface area contributed by atoms with Crippen LogP contribution in [0.1, 0.15) is 27.0 Å². The van der Waals surface area contributed by atoms with Crippen molar-refractivity contribution in [3.05, 3.63) is 95.1 Å². The van der Waals surface area contributed by atoms with Gasteiger partial charge in [0, 0.05) is 18.3 Å². The number of aryl methyl sites for hydroxylation is 2. The fourth-order valence-electron chi connectivity index (χ4n) is 3.49. The molecule has 1 amide bonds. The van der Waals surface area contributed by atoms with Gasteiger partial charge >= 0.3 is 0 Å². The molecule has 0 spiro atoms. The van der Waals surface area contributed by atoms with Crippen LogP contribution in [-0.2, 0) is 21.2 Å². The van der Waals surface area contributed by atoms with Crippen molar-refractivity contribution in [2.75, 3.05) is 11.8 Å². The summed E-state index contributed by atoms with van der Waals surface area (Å²) in [7, 11) is -2.06. The van der Waals surface area contributed by atoms with Crippen molar-refractivity contribution in [2.24, 2.45) is 0 Å². The summed E-state index contributed by atoms with van der Waals surface area (Å²) in [6.07, 6.45) is 1.08. The molecule has 166 valence electrons. The molecule has 0 aliphatic rings. The summed E-state index contributed by atoms with van der Waals surface area (Å²) in [6, 6.07) is 19.8. The quantitative estimate of drug-likeness (QED) is 0.526. The standard InChI is InChI=1S/C25H26N2O4S/c1-18-13-19(2)15-21(14-18)25(29)27(3)23(17-28)16-20-9-11-22(12-10-20)26-32(30,31)24-7-5-4-6-8-24/h4-15,17,23,26H,16H2,1-3H3/t23-/m0/s1. The van der Waals surface area contributed by atoms with Crippen LogP contribution >= 0.6 is 0 Å². The summed E-state index contributed by atoms with van der Waals surface area (Å²) in [5.41, 5.74) is 3.74. The first-order valence-corrected chi connectivity index (χ1v) is 11.7. The zero-order chi connectivity index (χ0) is 23.3. The largest absolute Gasteiger partial charge is 0.332 e. The molecule has 0 bridgehead atoms. The average Bonchev–Trinajstić information content (AvgIpc) is 2.77. The third-order valence-electron chi connectivity index (χ3n) is 5.15. The highest BCUT2D eigenvalue weighted by Gasteiger charge is 2.22. The number of nitrogens with one attached hydrogen (secondary N) is 1. The SMILES string of the molecule is Cc1cc(C)cc(C(=O)N(C)[C@H](C=O)Cc2ccc(NS(=O)(=O)c3ccccc3)cc2)c1. The Hall–Kier alpha value is -3.45. The van der Waals surface area contributed by atoms with E-state index in [9.17, 15) is 18.0 Å². The number of nitrogens with zero attached hydrogens (tertiary/aromatic N) is 1. The van der Waals surface area contributed by atoms with Crippen LogP contribution in [0.15, 0.2) is 77.7 Å². The number of carbonyl (C=O) groups excluding carboxylic acids is 2. The maximum absolute atomic E-state index is 12.9. The highest BCUT2D eigenvalue weighted by molar-refractivity contribution is 7.92. The van der Waals surface area contributed by atoms with Crippen LogP contribution in [-0.4, -0.2) is 38.6 Å². The molecular formula is C25H26N2O4S. The van der Waals surface area contributed by atoms with Gasteiger partial charge in [0.05, 0.1) is 10.9 Å². The number of aldehydes is 1. The highest BCUT2D eigenvalue weighted by Crippen LogP contribution is 2.18. The van der Waals surface area contributed by atoms with Crippen LogP contribution in [0.5, 0.6) is 0 Å². The predicted octanol–water partition coefficient (Wildman–Crippen LogP) is 3.99. The molecule has 32 heavy (non-hydrogen) atoms. The minimum atomic E-state index is -3.68. The normalized spacial score (nSPS) is 12.1. The van der Waals surface area contributed by atoms with Gasteiger partial charge in [-0.1, -0.05) is 47.5 Å². The number of hydrogen-bond acceptors (Lipinski definition) is 4. The molecule has 7 heteroatoms. The van der Waals surface area contributed by atoms with Crippen molar-refractivity contribution in [2.45, 2.75) is 31.2 Å². The van der Waals surface area contributed by atoms with Gasteiger partial charge in [0.25, 0.3) is 15.9 Å². The average molecular weight is 451 g/mol. The Morgan fingerprint density at radius 2 is 1.56 bits per heavy atom. The van der Waals surface area contributed by atoms with Crippen molar-refractivity contribution in [1.29, 1.82) is 0 Å². The van der Waals surface area contributed by atoms with Crippen LogP contribution in [0.4, 0.5) is 5.69 Å². The second-order valence-corrected chi connectivity index (χ2v) is 9.50. The van der Waals surface area contributed by atoms with Gasteiger partial charge in [0.2, 0.25) is 0 Å². The van der Waals surface area contributed by atoms with E-state index in [0.29, 0.717) is 17.7 Å². The molecule has 0 aliphatic carbocycles. The number of likely N-dealkylation sites (N-methyl/N-ethyl adjacent to an activating group) is 1. The second-order valence-electron chi connectivity index (χ2n) is 7.82. The molecule has 0 saturated carbocycles. The molecule has 6 nitrogen and oxygen atoms in total. The maximum atomic E-state index is 12.9. The number of rotatable bonds is 8.